The molecule has 0 spiro atoms. The first kappa shape index (κ1) is 17.1. The fraction of sp³-hybridized carbons (Fsp3) is 0.500. The first-order valence-electron chi connectivity index (χ1n) is 8.74. The van der Waals surface area contributed by atoms with E-state index in [4.69, 9.17) is 9.84 Å². The zero-order valence-electron chi connectivity index (χ0n) is 14.1. The summed E-state index contributed by atoms with van der Waals surface area (Å²) in [5, 5.41) is 18.1. The molecule has 4 rings (SSSR count). The molecular weight excluding hydrogens is 346 g/mol. The monoisotopic (exact) mass is 366 g/mol. The minimum atomic E-state index is -1.44. The zero-order valence-corrected chi connectivity index (χ0v) is 14.1. The second-order valence-corrected chi connectivity index (χ2v) is 7.09. The van der Waals surface area contributed by atoms with Crippen LogP contribution in [0.3, 0.4) is 0 Å². The predicted molar refractivity (Wildman–Crippen MR) is 90.2 cm³/mol. The second kappa shape index (κ2) is 6.42. The Balaban J connectivity index is 1.73. The zero-order chi connectivity index (χ0) is 18.4. The molecule has 8 heteroatoms. The van der Waals surface area contributed by atoms with Gasteiger partial charge in [0, 0.05) is 44.3 Å². The Labute approximate surface area is 149 Å². The Hall–Kier alpha value is -2.35. The second-order valence-electron chi connectivity index (χ2n) is 7.09. The van der Waals surface area contributed by atoms with Crippen LogP contribution >= 0.6 is 0 Å². The Morgan fingerprint density at radius 3 is 2.65 bits per heavy atom. The molecular formula is C18H20F2N2O4. The molecule has 2 heterocycles. The molecule has 0 radical (unpaired) electrons. The van der Waals surface area contributed by atoms with Gasteiger partial charge in [-0.1, -0.05) is 0 Å². The molecule has 140 valence electrons. The molecule has 3 aliphatic rings. The number of rotatable bonds is 4. The summed E-state index contributed by atoms with van der Waals surface area (Å²) < 4.78 is 34.8. The summed E-state index contributed by atoms with van der Waals surface area (Å²) in [5.74, 6) is -1.13. The number of carboxylic acid groups (broad SMARTS) is 1. The third-order valence-electron chi connectivity index (χ3n) is 5.17. The third-order valence-corrected chi connectivity index (χ3v) is 5.17. The van der Waals surface area contributed by atoms with Crippen LogP contribution in [0.15, 0.2) is 18.0 Å². The standard InChI is InChI=1S/C18H20F2N2O4/c19-14-6-11-5-13(26-18(24)25)8-22(12-1-2-12)16(11)15(20)17(14)21-4-3-10(7-21)9-23/h6,8,10,12,23H,1-5,7,9H2,(H,24,25). The van der Waals surface area contributed by atoms with Crippen molar-refractivity contribution in [3.63, 3.8) is 0 Å². The van der Waals surface area contributed by atoms with Gasteiger partial charge >= 0.3 is 6.16 Å². The van der Waals surface area contributed by atoms with Crippen molar-refractivity contribution in [3.05, 3.63) is 35.2 Å². The van der Waals surface area contributed by atoms with Gasteiger partial charge in [-0.15, -0.1) is 0 Å². The number of halogens is 2. The summed E-state index contributed by atoms with van der Waals surface area (Å²) in [6.07, 6.45) is 2.50. The summed E-state index contributed by atoms with van der Waals surface area (Å²) in [7, 11) is 0. The van der Waals surface area contributed by atoms with Crippen molar-refractivity contribution in [2.75, 3.05) is 29.5 Å². The number of fused-ring (bicyclic) bond motifs is 1. The van der Waals surface area contributed by atoms with Gasteiger partial charge in [0.15, 0.2) is 5.82 Å². The van der Waals surface area contributed by atoms with E-state index < -0.39 is 17.8 Å². The molecule has 1 saturated heterocycles. The maximum Gasteiger partial charge on any atom is 0.511 e. The number of carbonyl (C=O) groups is 1. The van der Waals surface area contributed by atoms with Gasteiger partial charge in [-0.25, -0.2) is 13.6 Å². The molecule has 1 aliphatic carbocycles. The number of anilines is 2. The first-order chi connectivity index (χ1) is 12.5. The number of aliphatic hydroxyl groups excluding tert-OH is 1. The van der Waals surface area contributed by atoms with Crippen LogP contribution in [0.4, 0.5) is 25.0 Å². The maximum absolute atomic E-state index is 15.4. The van der Waals surface area contributed by atoms with Gasteiger partial charge in [-0.3, -0.25) is 0 Å². The van der Waals surface area contributed by atoms with Crippen LogP contribution < -0.4 is 9.80 Å². The van der Waals surface area contributed by atoms with E-state index in [1.165, 1.54) is 12.3 Å². The summed E-state index contributed by atoms with van der Waals surface area (Å²) in [6, 6.07) is 1.34. The van der Waals surface area contributed by atoms with Crippen molar-refractivity contribution in [1.82, 2.24) is 0 Å². The smallest absolute Gasteiger partial charge is 0.449 e. The maximum atomic E-state index is 15.4. The molecule has 26 heavy (non-hydrogen) atoms. The van der Waals surface area contributed by atoms with Crippen molar-refractivity contribution < 1.29 is 28.5 Å². The Bertz CT molecular complexity index is 779. The first-order valence-corrected chi connectivity index (χ1v) is 8.74. The SMILES string of the molecule is O=C(O)OC1=CN(C2CC2)c2c(cc(F)c(N3CCC(CO)C3)c2F)C1. The number of aliphatic hydroxyl groups is 1. The van der Waals surface area contributed by atoms with E-state index in [2.05, 4.69) is 0 Å². The fourth-order valence-electron chi connectivity index (χ4n) is 3.80. The molecule has 2 fully saturated rings. The van der Waals surface area contributed by atoms with Crippen LogP contribution in [-0.2, 0) is 11.2 Å². The molecule has 1 unspecified atom stereocenters. The summed E-state index contributed by atoms with van der Waals surface area (Å²) >= 11 is 0. The van der Waals surface area contributed by atoms with Crippen LogP contribution in [0, 0.1) is 17.6 Å². The lowest BCUT2D eigenvalue weighted by atomic mass is 10.0. The number of hydrogen-bond donors (Lipinski definition) is 2. The molecule has 1 aromatic carbocycles. The highest BCUT2D eigenvalue weighted by molar-refractivity contribution is 5.71. The van der Waals surface area contributed by atoms with Crippen molar-refractivity contribution in [3.8, 4) is 0 Å². The fourth-order valence-corrected chi connectivity index (χ4v) is 3.80. The summed E-state index contributed by atoms with van der Waals surface area (Å²) in [4.78, 5) is 14.2. The highest BCUT2D eigenvalue weighted by atomic mass is 19.1. The van der Waals surface area contributed by atoms with Crippen molar-refractivity contribution in [2.24, 2.45) is 5.92 Å². The number of hydrogen-bond acceptors (Lipinski definition) is 5. The lowest BCUT2D eigenvalue weighted by Crippen LogP contribution is -2.29. The largest absolute Gasteiger partial charge is 0.511 e. The van der Waals surface area contributed by atoms with Crippen molar-refractivity contribution >= 4 is 17.5 Å². The van der Waals surface area contributed by atoms with E-state index in [1.807, 2.05) is 0 Å². The van der Waals surface area contributed by atoms with Gasteiger partial charge in [-0.2, -0.15) is 0 Å². The highest BCUT2D eigenvalue weighted by Gasteiger charge is 2.37. The summed E-state index contributed by atoms with van der Waals surface area (Å²) in [6.45, 7) is 0.901. The molecule has 2 aliphatic heterocycles. The average molecular weight is 366 g/mol. The summed E-state index contributed by atoms with van der Waals surface area (Å²) in [5.41, 5.74) is 0.614. The number of ether oxygens (including phenoxy) is 1. The topological polar surface area (TPSA) is 73.2 Å². The third kappa shape index (κ3) is 2.98. The minimum Gasteiger partial charge on any atom is -0.449 e. The lowest BCUT2D eigenvalue weighted by Gasteiger charge is -2.31. The quantitative estimate of drug-likeness (QED) is 0.799. The van der Waals surface area contributed by atoms with Gasteiger partial charge in [0.05, 0.1) is 5.69 Å². The minimum absolute atomic E-state index is 0.00248. The Morgan fingerprint density at radius 2 is 2.04 bits per heavy atom. The van der Waals surface area contributed by atoms with Gasteiger partial charge in [0.25, 0.3) is 0 Å². The number of benzene rings is 1. The molecule has 0 aromatic heterocycles. The van der Waals surface area contributed by atoms with E-state index in [0.717, 1.165) is 12.8 Å². The van der Waals surface area contributed by atoms with Gasteiger partial charge in [-0.05, 0) is 30.9 Å². The van der Waals surface area contributed by atoms with Crippen LogP contribution in [0.25, 0.3) is 0 Å². The van der Waals surface area contributed by atoms with E-state index in [-0.39, 0.29) is 36.4 Å². The molecule has 1 atom stereocenters. The normalized spacial score (nSPS) is 22.3. The molecule has 1 aromatic rings. The number of nitrogens with zero attached hydrogens (tertiary/aromatic N) is 2. The highest BCUT2D eigenvalue weighted by Crippen LogP contribution is 2.44. The lowest BCUT2D eigenvalue weighted by molar-refractivity contribution is 0.116. The van der Waals surface area contributed by atoms with Gasteiger partial charge in [0.1, 0.15) is 17.3 Å². The van der Waals surface area contributed by atoms with Crippen LogP contribution in [0.2, 0.25) is 0 Å². The Kier molecular flexibility index (Phi) is 4.22. The van der Waals surface area contributed by atoms with Gasteiger partial charge < -0.3 is 24.7 Å². The van der Waals surface area contributed by atoms with Crippen LogP contribution in [-0.4, -0.2) is 42.1 Å². The number of allylic oxidation sites excluding steroid dienone is 1. The predicted octanol–water partition coefficient (Wildman–Crippen LogP) is 2.84. The van der Waals surface area contributed by atoms with E-state index >= 15 is 4.39 Å². The van der Waals surface area contributed by atoms with E-state index in [9.17, 15) is 14.3 Å². The van der Waals surface area contributed by atoms with Crippen molar-refractivity contribution in [2.45, 2.75) is 31.7 Å². The average Bonchev–Trinajstić information content (AvgIpc) is 3.32. The van der Waals surface area contributed by atoms with E-state index in [1.54, 1.807) is 9.80 Å². The Morgan fingerprint density at radius 1 is 1.27 bits per heavy atom. The molecule has 1 saturated carbocycles. The molecule has 0 bridgehead atoms. The molecule has 0 amide bonds. The van der Waals surface area contributed by atoms with Crippen LogP contribution in [0.5, 0.6) is 0 Å². The van der Waals surface area contributed by atoms with Crippen LogP contribution in [0.1, 0.15) is 24.8 Å². The van der Waals surface area contributed by atoms with Gasteiger partial charge in [0.2, 0.25) is 0 Å². The molecule has 2 N–H and O–H groups in total. The van der Waals surface area contributed by atoms with Crippen molar-refractivity contribution in [1.29, 1.82) is 0 Å². The van der Waals surface area contributed by atoms with E-state index in [0.29, 0.717) is 30.8 Å². The molecule has 6 nitrogen and oxygen atoms in total.